The van der Waals surface area contributed by atoms with E-state index in [0.29, 0.717) is 42.1 Å². The second-order valence-corrected chi connectivity index (χ2v) is 9.64. The van der Waals surface area contributed by atoms with Gasteiger partial charge in [-0.2, -0.15) is 0 Å². The van der Waals surface area contributed by atoms with Gasteiger partial charge in [0.25, 0.3) is 5.91 Å². The molecule has 8 nitrogen and oxygen atoms in total. The number of fused-ring (bicyclic) bond motifs is 1. The van der Waals surface area contributed by atoms with Gasteiger partial charge in [0, 0.05) is 37.2 Å². The van der Waals surface area contributed by atoms with Crippen molar-refractivity contribution in [1.82, 2.24) is 15.1 Å². The Morgan fingerprint density at radius 3 is 2.50 bits per heavy atom. The zero-order chi connectivity index (χ0) is 23.2. The van der Waals surface area contributed by atoms with E-state index in [0.717, 1.165) is 11.1 Å². The van der Waals surface area contributed by atoms with Crippen molar-refractivity contribution in [3.05, 3.63) is 39.9 Å². The largest absolute Gasteiger partial charge is 0.444 e. The Hall–Kier alpha value is -2.87. The SMILES string of the molecule is CC(C)(C)OC(=O)N1CC=C(c2ccc3c(c2Cl)CN(C2CCC(=O)NC2=O)C3=O)CC1. The molecule has 0 bridgehead atoms. The van der Waals surface area contributed by atoms with E-state index in [-0.39, 0.29) is 30.9 Å². The van der Waals surface area contributed by atoms with Crippen LogP contribution < -0.4 is 5.32 Å². The number of piperidine rings is 1. The highest BCUT2D eigenvalue weighted by Crippen LogP contribution is 2.38. The van der Waals surface area contributed by atoms with Gasteiger partial charge in [0.2, 0.25) is 11.8 Å². The Bertz CT molecular complexity index is 1040. The van der Waals surface area contributed by atoms with Crippen LogP contribution in [0.25, 0.3) is 5.57 Å². The molecule has 0 aromatic heterocycles. The number of hydrogen-bond donors (Lipinski definition) is 1. The second kappa shape index (κ2) is 8.24. The third kappa shape index (κ3) is 4.24. The first kappa shape index (κ1) is 22.3. The molecule has 32 heavy (non-hydrogen) atoms. The second-order valence-electron chi connectivity index (χ2n) is 9.26. The van der Waals surface area contributed by atoms with Gasteiger partial charge in [-0.3, -0.25) is 19.7 Å². The van der Waals surface area contributed by atoms with Crippen molar-refractivity contribution in [2.45, 2.75) is 58.2 Å². The van der Waals surface area contributed by atoms with Gasteiger partial charge in [-0.15, -0.1) is 0 Å². The number of rotatable bonds is 2. The molecule has 1 saturated heterocycles. The molecule has 1 N–H and O–H groups in total. The molecule has 170 valence electrons. The maximum atomic E-state index is 12.9. The summed E-state index contributed by atoms with van der Waals surface area (Å²) in [6, 6.07) is 2.89. The predicted octanol–water partition coefficient (Wildman–Crippen LogP) is 3.13. The predicted molar refractivity (Wildman–Crippen MR) is 118 cm³/mol. The average Bonchev–Trinajstić information content (AvgIpc) is 3.05. The van der Waals surface area contributed by atoms with Crippen molar-refractivity contribution in [2.24, 2.45) is 0 Å². The highest BCUT2D eigenvalue weighted by Gasteiger charge is 2.40. The van der Waals surface area contributed by atoms with E-state index in [1.165, 1.54) is 4.90 Å². The van der Waals surface area contributed by atoms with Crippen molar-refractivity contribution in [3.63, 3.8) is 0 Å². The fraction of sp³-hybridized carbons (Fsp3) is 0.478. The Morgan fingerprint density at radius 1 is 1.16 bits per heavy atom. The number of halogens is 1. The van der Waals surface area contributed by atoms with Crippen LogP contribution in [0.2, 0.25) is 5.02 Å². The summed E-state index contributed by atoms with van der Waals surface area (Å²) in [5.41, 5.74) is 2.45. The minimum Gasteiger partial charge on any atom is -0.444 e. The summed E-state index contributed by atoms with van der Waals surface area (Å²) in [5, 5.41) is 2.79. The van der Waals surface area contributed by atoms with E-state index in [1.54, 1.807) is 11.0 Å². The van der Waals surface area contributed by atoms with Crippen LogP contribution in [-0.4, -0.2) is 58.3 Å². The first-order chi connectivity index (χ1) is 15.0. The van der Waals surface area contributed by atoms with Crippen LogP contribution in [-0.2, 0) is 20.9 Å². The van der Waals surface area contributed by atoms with Crippen molar-refractivity contribution in [1.29, 1.82) is 0 Å². The molecule has 1 fully saturated rings. The molecule has 1 aromatic rings. The number of hydrogen-bond acceptors (Lipinski definition) is 5. The van der Waals surface area contributed by atoms with E-state index in [1.807, 2.05) is 32.9 Å². The summed E-state index contributed by atoms with van der Waals surface area (Å²) in [4.78, 5) is 52.0. The highest BCUT2D eigenvalue weighted by molar-refractivity contribution is 6.34. The monoisotopic (exact) mass is 459 g/mol. The van der Waals surface area contributed by atoms with Gasteiger partial charge in [0.15, 0.2) is 0 Å². The van der Waals surface area contributed by atoms with Gasteiger partial charge in [-0.1, -0.05) is 23.7 Å². The summed E-state index contributed by atoms with van der Waals surface area (Å²) >= 11 is 6.72. The Kier molecular flexibility index (Phi) is 5.75. The molecule has 0 radical (unpaired) electrons. The number of imide groups is 1. The Morgan fingerprint density at radius 2 is 1.88 bits per heavy atom. The third-order valence-electron chi connectivity index (χ3n) is 5.86. The summed E-state index contributed by atoms with van der Waals surface area (Å²) in [6.07, 6.45) is 2.73. The molecule has 4 amide bonds. The molecule has 3 heterocycles. The van der Waals surface area contributed by atoms with Crippen LogP contribution >= 0.6 is 11.6 Å². The van der Waals surface area contributed by atoms with Crippen LogP contribution in [0.15, 0.2) is 18.2 Å². The van der Waals surface area contributed by atoms with Crippen molar-refractivity contribution >= 4 is 41.0 Å². The number of carbonyl (C=O) groups excluding carboxylic acids is 4. The van der Waals surface area contributed by atoms with Crippen molar-refractivity contribution in [3.8, 4) is 0 Å². The van der Waals surface area contributed by atoms with Crippen LogP contribution in [0.4, 0.5) is 4.79 Å². The zero-order valence-electron chi connectivity index (χ0n) is 18.4. The van der Waals surface area contributed by atoms with E-state index in [4.69, 9.17) is 16.3 Å². The van der Waals surface area contributed by atoms with Gasteiger partial charge in [0.1, 0.15) is 11.6 Å². The molecular formula is C23H26ClN3O5. The van der Waals surface area contributed by atoms with Crippen LogP contribution in [0.5, 0.6) is 0 Å². The molecule has 0 spiro atoms. The lowest BCUT2D eigenvalue weighted by Crippen LogP contribution is -2.52. The van der Waals surface area contributed by atoms with Gasteiger partial charge in [-0.05, 0) is 50.8 Å². The van der Waals surface area contributed by atoms with E-state index >= 15 is 0 Å². The highest BCUT2D eigenvalue weighted by atomic mass is 35.5. The molecule has 4 rings (SSSR count). The van der Waals surface area contributed by atoms with Gasteiger partial charge >= 0.3 is 6.09 Å². The fourth-order valence-corrected chi connectivity index (χ4v) is 4.60. The molecule has 3 aliphatic heterocycles. The smallest absolute Gasteiger partial charge is 0.410 e. The first-order valence-corrected chi connectivity index (χ1v) is 11.1. The van der Waals surface area contributed by atoms with Gasteiger partial charge in [-0.25, -0.2) is 4.79 Å². The molecule has 1 atom stereocenters. The average molecular weight is 460 g/mol. The normalized spacial score (nSPS) is 21.3. The standard InChI is InChI=1S/C23H26ClN3O5/c1-23(2,3)32-22(31)26-10-8-13(9-11-26)14-4-5-15-16(19(14)24)12-27(21(15)30)17-6-7-18(28)25-20(17)29/h4-5,8,17H,6-7,9-12H2,1-3H3,(H,25,28,29). The van der Waals surface area contributed by atoms with Crippen LogP contribution in [0.1, 0.15) is 61.5 Å². The summed E-state index contributed by atoms with van der Waals surface area (Å²) < 4.78 is 5.43. The third-order valence-corrected chi connectivity index (χ3v) is 6.29. The minimum absolute atomic E-state index is 0.205. The number of benzene rings is 1. The lowest BCUT2D eigenvalue weighted by atomic mass is 9.96. The molecular weight excluding hydrogens is 434 g/mol. The Labute approximate surface area is 191 Å². The van der Waals surface area contributed by atoms with E-state index in [2.05, 4.69) is 5.32 Å². The van der Waals surface area contributed by atoms with E-state index < -0.39 is 17.6 Å². The minimum atomic E-state index is -0.677. The fourth-order valence-electron chi connectivity index (χ4n) is 4.26. The van der Waals surface area contributed by atoms with Crippen LogP contribution in [0, 0.1) is 0 Å². The van der Waals surface area contributed by atoms with Gasteiger partial charge in [0.05, 0.1) is 5.02 Å². The molecule has 1 aromatic carbocycles. The number of amides is 4. The molecule has 0 aliphatic carbocycles. The molecule has 9 heteroatoms. The Balaban J connectivity index is 1.52. The number of ether oxygens (including phenoxy) is 1. The van der Waals surface area contributed by atoms with Crippen molar-refractivity contribution < 1.29 is 23.9 Å². The lowest BCUT2D eigenvalue weighted by Gasteiger charge is -2.30. The maximum absolute atomic E-state index is 12.9. The zero-order valence-corrected chi connectivity index (χ0v) is 19.1. The van der Waals surface area contributed by atoms with Crippen LogP contribution in [0.3, 0.4) is 0 Å². The quantitative estimate of drug-likeness (QED) is 0.685. The van der Waals surface area contributed by atoms with E-state index in [9.17, 15) is 19.2 Å². The molecule has 0 saturated carbocycles. The van der Waals surface area contributed by atoms with Crippen molar-refractivity contribution in [2.75, 3.05) is 13.1 Å². The topological polar surface area (TPSA) is 96.0 Å². The number of carbonyl (C=O) groups is 4. The molecule has 1 unspecified atom stereocenters. The lowest BCUT2D eigenvalue weighted by molar-refractivity contribution is -0.136. The number of nitrogens with zero attached hydrogens (tertiary/aromatic N) is 2. The van der Waals surface area contributed by atoms with Gasteiger partial charge < -0.3 is 14.5 Å². The maximum Gasteiger partial charge on any atom is 0.410 e. The number of nitrogens with one attached hydrogen (secondary N) is 1. The summed E-state index contributed by atoms with van der Waals surface area (Å²) in [7, 11) is 0. The molecule has 3 aliphatic rings. The summed E-state index contributed by atoms with van der Waals surface area (Å²) in [5.74, 6) is -1.02. The summed E-state index contributed by atoms with van der Waals surface area (Å²) in [6.45, 7) is 6.65. The first-order valence-electron chi connectivity index (χ1n) is 10.7.